The normalized spacial score (nSPS) is 13.3. The Morgan fingerprint density at radius 2 is 1.93 bits per heavy atom. The van der Waals surface area contributed by atoms with Crippen molar-refractivity contribution < 1.29 is 19.4 Å². The highest BCUT2D eigenvalue weighted by Gasteiger charge is 2.19. The highest BCUT2D eigenvalue weighted by Crippen LogP contribution is 2.33. The van der Waals surface area contributed by atoms with Crippen LogP contribution in [0, 0.1) is 0 Å². The number of para-hydroxylation sites is 1. The lowest BCUT2D eigenvalue weighted by Crippen LogP contribution is -2.37. The SMILES string of the molecule is COc1cccc(CC(NC2=NCCN2)c2ccccc2)c1OC.O=CO. The standard InChI is InChI=1S/C19H23N3O2.CH2O2/c1-23-17-10-6-9-15(18(17)24-2)13-16(14-7-4-3-5-8-14)22-19-20-11-12-21-19;2-1-3/h3-10,16H,11-13H2,1-2H3,(H2,20,21,22);1H,(H,2,3). The van der Waals surface area contributed by atoms with Gasteiger partial charge in [0.25, 0.3) is 6.47 Å². The fraction of sp³-hybridized carbons (Fsp3) is 0.300. The average molecular weight is 371 g/mol. The van der Waals surface area contributed by atoms with Crippen molar-refractivity contribution in [2.24, 2.45) is 4.99 Å². The van der Waals surface area contributed by atoms with Gasteiger partial charge in [-0.25, -0.2) is 0 Å². The molecule has 0 saturated heterocycles. The molecular weight excluding hydrogens is 346 g/mol. The Hall–Kier alpha value is -3.22. The zero-order valence-electron chi connectivity index (χ0n) is 15.5. The second-order valence-electron chi connectivity index (χ2n) is 5.73. The van der Waals surface area contributed by atoms with Gasteiger partial charge in [-0.1, -0.05) is 42.5 Å². The Morgan fingerprint density at radius 3 is 2.52 bits per heavy atom. The van der Waals surface area contributed by atoms with Crippen molar-refractivity contribution in [2.45, 2.75) is 12.5 Å². The van der Waals surface area contributed by atoms with Crippen LogP contribution < -0.4 is 20.1 Å². The summed E-state index contributed by atoms with van der Waals surface area (Å²) in [5, 5.41) is 13.7. The molecule has 0 saturated carbocycles. The van der Waals surface area contributed by atoms with Crippen LogP contribution in [0.1, 0.15) is 17.2 Å². The topological polar surface area (TPSA) is 92.2 Å². The average Bonchev–Trinajstić information content (AvgIpc) is 3.21. The molecule has 0 aromatic heterocycles. The van der Waals surface area contributed by atoms with E-state index in [1.165, 1.54) is 5.56 Å². The number of nitrogens with one attached hydrogen (secondary N) is 2. The highest BCUT2D eigenvalue weighted by molar-refractivity contribution is 5.81. The van der Waals surface area contributed by atoms with Crippen LogP contribution in [0.2, 0.25) is 0 Å². The predicted molar refractivity (Wildman–Crippen MR) is 105 cm³/mol. The molecule has 1 aliphatic heterocycles. The minimum absolute atomic E-state index is 0.0940. The maximum atomic E-state index is 8.36. The number of ether oxygens (including phenoxy) is 2. The van der Waals surface area contributed by atoms with Gasteiger partial charge < -0.3 is 25.2 Å². The number of methoxy groups -OCH3 is 2. The maximum absolute atomic E-state index is 8.36. The summed E-state index contributed by atoms with van der Waals surface area (Å²) in [6.45, 7) is 1.44. The Labute approximate surface area is 159 Å². The molecule has 27 heavy (non-hydrogen) atoms. The second-order valence-corrected chi connectivity index (χ2v) is 5.73. The van der Waals surface area contributed by atoms with Gasteiger partial charge in [-0.2, -0.15) is 0 Å². The van der Waals surface area contributed by atoms with Gasteiger partial charge in [0.15, 0.2) is 17.5 Å². The second kappa shape index (κ2) is 10.7. The summed E-state index contributed by atoms with van der Waals surface area (Å²) in [7, 11) is 3.33. The molecule has 0 bridgehead atoms. The highest BCUT2D eigenvalue weighted by atomic mass is 16.5. The van der Waals surface area contributed by atoms with Crippen LogP contribution in [0.4, 0.5) is 0 Å². The summed E-state index contributed by atoms with van der Waals surface area (Å²) in [6, 6.07) is 16.4. The molecule has 1 unspecified atom stereocenters. The van der Waals surface area contributed by atoms with E-state index in [1.54, 1.807) is 14.2 Å². The number of aliphatic imine (C=N–C) groups is 1. The molecule has 2 aromatic carbocycles. The molecule has 7 nitrogen and oxygen atoms in total. The van der Waals surface area contributed by atoms with Crippen molar-refractivity contribution in [1.29, 1.82) is 0 Å². The third kappa shape index (κ3) is 5.64. The molecule has 3 rings (SSSR count). The minimum atomic E-state index is -0.250. The number of carbonyl (C=O) groups is 1. The lowest BCUT2D eigenvalue weighted by molar-refractivity contribution is -0.122. The van der Waals surface area contributed by atoms with Gasteiger partial charge in [0.2, 0.25) is 0 Å². The number of nitrogens with zero attached hydrogens (tertiary/aromatic N) is 1. The van der Waals surface area contributed by atoms with Crippen LogP contribution in [0.5, 0.6) is 11.5 Å². The first-order valence-corrected chi connectivity index (χ1v) is 8.61. The fourth-order valence-electron chi connectivity index (χ4n) is 2.93. The van der Waals surface area contributed by atoms with Gasteiger partial charge in [0, 0.05) is 18.5 Å². The maximum Gasteiger partial charge on any atom is 0.290 e. The van der Waals surface area contributed by atoms with E-state index in [0.29, 0.717) is 0 Å². The van der Waals surface area contributed by atoms with Crippen LogP contribution in [0.25, 0.3) is 0 Å². The fourth-order valence-corrected chi connectivity index (χ4v) is 2.93. The molecule has 0 aliphatic carbocycles. The third-order valence-corrected chi connectivity index (χ3v) is 4.10. The van der Waals surface area contributed by atoms with E-state index >= 15 is 0 Å². The Kier molecular flexibility index (Phi) is 7.96. The molecule has 2 aromatic rings. The van der Waals surface area contributed by atoms with E-state index in [-0.39, 0.29) is 12.5 Å². The number of rotatable bonds is 6. The van der Waals surface area contributed by atoms with Crippen LogP contribution in [0.15, 0.2) is 53.5 Å². The number of guanidine groups is 1. The lowest BCUT2D eigenvalue weighted by atomic mass is 9.98. The first kappa shape index (κ1) is 20.1. The summed E-state index contributed by atoms with van der Waals surface area (Å²) >= 11 is 0. The third-order valence-electron chi connectivity index (χ3n) is 4.10. The van der Waals surface area contributed by atoms with E-state index in [1.807, 2.05) is 18.2 Å². The largest absolute Gasteiger partial charge is 0.493 e. The summed E-state index contributed by atoms with van der Waals surface area (Å²) in [5.41, 5.74) is 2.30. The molecule has 144 valence electrons. The molecule has 0 amide bonds. The zero-order valence-corrected chi connectivity index (χ0v) is 15.5. The van der Waals surface area contributed by atoms with Crippen LogP contribution in [0.3, 0.4) is 0 Å². The number of benzene rings is 2. The van der Waals surface area contributed by atoms with Crippen LogP contribution in [-0.2, 0) is 11.2 Å². The molecule has 1 aliphatic rings. The molecule has 3 N–H and O–H groups in total. The van der Waals surface area contributed by atoms with Gasteiger partial charge in [0.05, 0.1) is 26.8 Å². The zero-order chi connectivity index (χ0) is 19.5. The van der Waals surface area contributed by atoms with Crippen molar-refractivity contribution in [2.75, 3.05) is 27.3 Å². The van der Waals surface area contributed by atoms with Crippen molar-refractivity contribution in [3.8, 4) is 11.5 Å². The van der Waals surface area contributed by atoms with Gasteiger partial charge in [-0.3, -0.25) is 9.79 Å². The van der Waals surface area contributed by atoms with Crippen molar-refractivity contribution in [1.82, 2.24) is 10.6 Å². The number of hydrogen-bond donors (Lipinski definition) is 3. The molecule has 7 heteroatoms. The molecule has 0 radical (unpaired) electrons. The minimum Gasteiger partial charge on any atom is -0.493 e. The smallest absolute Gasteiger partial charge is 0.290 e. The van der Waals surface area contributed by atoms with E-state index < -0.39 is 0 Å². The van der Waals surface area contributed by atoms with E-state index in [4.69, 9.17) is 19.4 Å². The van der Waals surface area contributed by atoms with Crippen LogP contribution >= 0.6 is 0 Å². The van der Waals surface area contributed by atoms with Gasteiger partial charge in [0.1, 0.15) is 0 Å². The molecule has 0 fully saturated rings. The molecule has 1 atom stereocenters. The quantitative estimate of drug-likeness (QED) is 0.675. The van der Waals surface area contributed by atoms with Crippen molar-refractivity contribution in [3.05, 3.63) is 59.7 Å². The van der Waals surface area contributed by atoms with Crippen molar-refractivity contribution >= 4 is 12.4 Å². The molecule has 1 heterocycles. The Balaban J connectivity index is 0.000000817. The lowest BCUT2D eigenvalue weighted by Gasteiger charge is -2.22. The Morgan fingerprint density at radius 1 is 1.19 bits per heavy atom. The van der Waals surface area contributed by atoms with Gasteiger partial charge in [-0.05, 0) is 11.6 Å². The van der Waals surface area contributed by atoms with E-state index in [0.717, 1.165) is 42.5 Å². The summed E-state index contributed by atoms with van der Waals surface area (Å²) in [6.07, 6.45) is 0.769. The summed E-state index contributed by atoms with van der Waals surface area (Å²) < 4.78 is 11.0. The van der Waals surface area contributed by atoms with E-state index in [9.17, 15) is 0 Å². The molecular formula is C20H25N3O4. The molecule has 0 spiro atoms. The van der Waals surface area contributed by atoms with Gasteiger partial charge >= 0.3 is 0 Å². The predicted octanol–water partition coefficient (Wildman–Crippen LogP) is 2.24. The van der Waals surface area contributed by atoms with E-state index in [2.05, 4.69) is 46.0 Å². The Bertz CT molecular complexity index is 750. The summed E-state index contributed by atoms with van der Waals surface area (Å²) in [5.74, 6) is 2.38. The van der Waals surface area contributed by atoms with Crippen molar-refractivity contribution in [3.63, 3.8) is 0 Å². The summed E-state index contributed by atoms with van der Waals surface area (Å²) in [4.78, 5) is 12.8. The first-order chi connectivity index (χ1) is 13.2. The van der Waals surface area contributed by atoms with Crippen LogP contribution in [-0.4, -0.2) is 44.8 Å². The number of hydrogen-bond acceptors (Lipinski definition) is 6. The van der Waals surface area contributed by atoms with Gasteiger partial charge in [-0.15, -0.1) is 0 Å². The number of carboxylic acid groups (broad SMARTS) is 1. The monoisotopic (exact) mass is 371 g/mol. The first-order valence-electron chi connectivity index (χ1n) is 8.61.